The first-order chi connectivity index (χ1) is 16.0. The van der Waals surface area contributed by atoms with Crippen LogP contribution in [0.5, 0.6) is 17.2 Å². The van der Waals surface area contributed by atoms with Crippen LogP contribution in [0.1, 0.15) is 61.7 Å². The Morgan fingerprint density at radius 2 is 1.63 bits per heavy atom. The number of amides is 1. The number of ketones is 1. The lowest BCUT2D eigenvalue weighted by atomic mass is 9.85. The SMILES string of the molecule is Br.CCOc1cc2c(cc1OCC)C(=N)N(CC(=O)c1ccc(OCC(N)=O)c(C(C)(C)C)c1)C2. The van der Waals surface area contributed by atoms with Crippen molar-refractivity contribution in [2.45, 2.75) is 46.6 Å². The number of nitrogens with zero attached hydrogens (tertiary/aromatic N) is 1. The molecule has 35 heavy (non-hydrogen) atoms. The van der Waals surface area contributed by atoms with E-state index in [9.17, 15) is 9.59 Å². The van der Waals surface area contributed by atoms with Crippen molar-refractivity contribution in [2.24, 2.45) is 5.73 Å². The van der Waals surface area contributed by atoms with E-state index in [1.165, 1.54) is 0 Å². The van der Waals surface area contributed by atoms with Crippen molar-refractivity contribution in [3.8, 4) is 17.2 Å². The van der Waals surface area contributed by atoms with E-state index in [1.807, 2.05) is 46.8 Å². The van der Waals surface area contributed by atoms with Crippen LogP contribution in [0.2, 0.25) is 0 Å². The smallest absolute Gasteiger partial charge is 0.255 e. The second-order valence-corrected chi connectivity index (χ2v) is 9.17. The van der Waals surface area contributed by atoms with Crippen LogP contribution in [0, 0.1) is 5.41 Å². The van der Waals surface area contributed by atoms with Crippen LogP contribution >= 0.6 is 17.0 Å². The predicted octanol–water partition coefficient (Wildman–Crippen LogP) is 4.25. The first-order valence-corrected chi connectivity index (χ1v) is 11.4. The number of nitrogens with two attached hydrogens (primary N) is 1. The van der Waals surface area contributed by atoms with E-state index in [2.05, 4.69) is 0 Å². The van der Waals surface area contributed by atoms with E-state index in [0.717, 1.165) is 16.7 Å². The number of carbonyl (C=O) groups is 2. The van der Waals surface area contributed by atoms with Gasteiger partial charge in [0.05, 0.1) is 19.8 Å². The van der Waals surface area contributed by atoms with Crippen molar-refractivity contribution in [2.75, 3.05) is 26.4 Å². The summed E-state index contributed by atoms with van der Waals surface area (Å²) in [5.41, 5.74) is 7.89. The van der Waals surface area contributed by atoms with Crippen molar-refractivity contribution in [3.63, 3.8) is 0 Å². The second kappa shape index (κ2) is 11.6. The van der Waals surface area contributed by atoms with Crippen LogP contribution in [0.15, 0.2) is 30.3 Å². The lowest BCUT2D eigenvalue weighted by Crippen LogP contribution is -2.30. The van der Waals surface area contributed by atoms with Gasteiger partial charge in [-0.25, -0.2) is 0 Å². The number of benzene rings is 2. The molecule has 0 fully saturated rings. The highest BCUT2D eigenvalue weighted by atomic mass is 79.9. The van der Waals surface area contributed by atoms with E-state index < -0.39 is 5.91 Å². The summed E-state index contributed by atoms with van der Waals surface area (Å²) in [6.45, 7) is 11.1. The van der Waals surface area contributed by atoms with Crippen LogP contribution in [-0.4, -0.2) is 48.8 Å². The van der Waals surface area contributed by atoms with E-state index in [1.54, 1.807) is 23.1 Å². The molecule has 8 nitrogen and oxygen atoms in total. The van der Waals surface area contributed by atoms with Gasteiger partial charge in [0, 0.05) is 23.2 Å². The van der Waals surface area contributed by atoms with Crippen molar-refractivity contribution >= 4 is 34.5 Å². The maximum Gasteiger partial charge on any atom is 0.255 e. The van der Waals surface area contributed by atoms with Gasteiger partial charge in [-0.1, -0.05) is 20.8 Å². The van der Waals surface area contributed by atoms with E-state index in [4.69, 9.17) is 25.4 Å². The third kappa shape index (κ3) is 6.54. The number of fused-ring (bicyclic) bond motifs is 1. The van der Waals surface area contributed by atoms with Gasteiger partial charge in [0.25, 0.3) is 5.91 Å². The van der Waals surface area contributed by atoms with Crippen molar-refractivity contribution in [1.29, 1.82) is 5.41 Å². The average molecular weight is 548 g/mol. The molecule has 1 amide bonds. The van der Waals surface area contributed by atoms with E-state index in [0.29, 0.717) is 42.6 Å². The molecule has 0 unspecified atom stereocenters. The maximum atomic E-state index is 13.2. The molecule has 0 radical (unpaired) electrons. The Hall–Kier alpha value is -3.07. The van der Waals surface area contributed by atoms with Crippen LogP contribution < -0.4 is 19.9 Å². The Morgan fingerprint density at radius 1 is 1.00 bits per heavy atom. The minimum absolute atomic E-state index is 0. The number of hydrogen-bond acceptors (Lipinski definition) is 6. The molecule has 0 aliphatic carbocycles. The molecule has 1 aliphatic heterocycles. The zero-order chi connectivity index (χ0) is 25.0. The highest BCUT2D eigenvalue weighted by Crippen LogP contribution is 2.36. The fourth-order valence-corrected chi connectivity index (χ4v) is 3.91. The first-order valence-electron chi connectivity index (χ1n) is 11.4. The molecular weight excluding hydrogens is 514 g/mol. The third-order valence-electron chi connectivity index (χ3n) is 5.52. The zero-order valence-corrected chi connectivity index (χ0v) is 22.6. The predicted molar refractivity (Wildman–Crippen MR) is 141 cm³/mol. The molecule has 0 aromatic heterocycles. The largest absolute Gasteiger partial charge is 0.490 e. The summed E-state index contributed by atoms with van der Waals surface area (Å²) >= 11 is 0. The average Bonchev–Trinajstić information content (AvgIpc) is 3.06. The molecule has 9 heteroatoms. The minimum Gasteiger partial charge on any atom is -0.490 e. The van der Waals surface area contributed by atoms with Gasteiger partial charge in [0.1, 0.15) is 11.6 Å². The molecule has 0 saturated heterocycles. The summed E-state index contributed by atoms with van der Waals surface area (Å²) in [5.74, 6) is 1.38. The van der Waals surface area contributed by atoms with E-state index in [-0.39, 0.29) is 47.2 Å². The minimum atomic E-state index is -0.563. The van der Waals surface area contributed by atoms with Crippen LogP contribution in [0.25, 0.3) is 0 Å². The number of halogens is 1. The van der Waals surface area contributed by atoms with Gasteiger partial charge in [-0.3, -0.25) is 15.0 Å². The highest BCUT2D eigenvalue weighted by Gasteiger charge is 2.29. The van der Waals surface area contributed by atoms with Crippen molar-refractivity contribution < 1.29 is 23.8 Å². The summed E-state index contributed by atoms with van der Waals surface area (Å²) in [6.07, 6.45) is 0. The van der Waals surface area contributed by atoms with Gasteiger partial charge in [-0.15, -0.1) is 17.0 Å². The van der Waals surface area contributed by atoms with Gasteiger partial charge in [0.15, 0.2) is 23.9 Å². The number of hydrogen-bond donors (Lipinski definition) is 2. The summed E-state index contributed by atoms with van der Waals surface area (Å²) < 4.78 is 17.0. The quantitative estimate of drug-likeness (QED) is 0.429. The lowest BCUT2D eigenvalue weighted by Gasteiger charge is -2.24. The number of ether oxygens (including phenoxy) is 3. The lowest BCUT2D eigenvalue weighted by molar-refractivity contribution is -0.119. The zero-order valence-electron chi connectivity index (χ0n) is 20.9. The maximum absolute atomic E-state index is 13.2. The third-order valence-corrected chi connectivity index (χ3v) is 5.52. The highest BCUT2D eigenvalue weighted by molar-refractivity contribution is 8.93. The molecule has 1 aliphatic rings. The fourth-order valence-electron chi connectivity index (χ4n) is 3.91. The summed E-state index contributed by atoms with van der Waals surface area (Å²) in [5, 5.41) is 8.63. The van der Waals surface area contributed by atoms with Gasteiger partial charge < -0.3 is 24.8 Å². The molecular formula is C26H34BrN3O5. The molecule has 3 rings (SSSR count). The van der Waals surface area contributed by atoms with Gasteiger partial charge in [-0.2, -0.15) is 0 Å². The summed E-state index contributed by atoms with van der Waals surface area (Å²) in [7, 11) is 0. The van der Waals surface area contributed by atoms with Crippen molar-refractivity contribution in [1.82, 2.24) is 4.90 Å². The van der Waals surface area contributed by atoms with Crippen LogP contribution in [0.4, 0.5) is 0 Å². The van der Waals surface area contributed by atoms with Gasteiger partial charge >= 0.3 is 0 Å². The van der Waals surface area contributed by atoms with Crippen LogP contribution in [0.3, 0.4) is 0 Å². The molecule has 3 N–H and O–H groups in total. The van der Waals surface area contributed by atoms with Crippen LogP contribution in [-0.2, 0) is 16.8 Å². The Labute approximate surface area is 217 Å². The topological polar surface area (TPSA) is 115 Å². The normalized spacial score (nSPS) is 12.6. The second-order valence-electron chi connectivity index (χ2n) is 9.17. The fraction of sp³-hybridized carbons (Fsp3) is 0.423. The first kappa shape index (κ1) is 28.2. The Morgan fingerprint density at radius 3 is 2.20 bits per heavy atom. The van der Waals surface area contributed by atoms with Gasteiger partial charge in [0.2, 0.25) is 0 Å². The number of amidine groups is 1. The Bertz CT molecular complexity index is 1110. The van der Waals surface area contributed by atoms with Crippen molar-refractivity contribution in [3.05, 3.63) is 52.6 Å². The summed E-state index contributed by atoms with van der Waals surface area (Å²) in [4.78, 5) is 26.1. The Balaban J connectivity index is 0.00000432. The molecule has 2 aromatic carbocycles. The monoisotopic (exact) mass is 547 g/mol. The number of nitrogens with one attached hydrogen (secondary N) is 1. The number of Topliss-reactive ketones (excluding diaryl/α,β-unsaturated/α-hetero) is 1. The molecule has 0 spiro atoms. The van der Waals surface area contributed by atoms with Gasteiger partial charge in [-0.05, 0) is 55.2 Å². The molecule has 0 saturated carbocycles. The molecule has 1 heterocycles. The molecule has 0 atom stereocenters. The standard InChI is InChI=1S/C26H33N3O5.BrH/c1-6-32-22-11-17-13-29(25(28)18(17)12-23(22)33-7-2)14-20(30)16-8-9-21(34-15-24(27)31)19(10-16)26(3,4)5;/h8-12,28H,6-7,13-15H2,1-5H3,(H2,27,31);1H. The molecule has 2 aromatic rings. The number of carbonyl (C=O) groups excluding carboxylic acids is 2. The number of rotatable bonds is 10. The number of primary amides is 1. The Kier molecular flexibility index (Phi) is 9.31. The molecule has 190 valence electrons. The summed E-state index contributed by atoms with van der Waals surface area (Å²) in [6, 6.07) is 8.89. The van der Waals surface area contributed by atoms with E-state index >= 15 is 0 Å². The molecule has 0 bridgehead atoms.